The number of carbonyl (C=O) groups excluding carboxylic acids is 1. The quantitative estimate of drug-likeness (QED) is 0.176. The Morgan fingerprint density at radius 1 is 1.16 bits per heavy atom. The van der Waals surface area contributed by atoms with E-state index in [9.17, 15) is 4.79 Å². The summed E-state index contributed by atoms with van der Waals surface area (Å²) >= 11 is 1.76. The number of nitrogens with zero attached hydrogens (tertiary/aromatic N) is 2. The molecule has 0 saturated heterocycles. The highest BCUT2D eigenvalue weighted by molar-refractivity contribution is 14.0. The second-order valence-electron chi connectivity index (χ2n) is 5.67. The van der Waals surface area contributed by atoms with E-state index < -0.39 is 0 Å². The average Bonchev–Trinajstić information content (AvgIpc) is 2.89. The molecule has 1 aromatic rings. The maximum atomic E-state index is 11.0. The van der Waals surface area contributed by atoms with Gasteiger partial charge in [-0.2, -0.15) is 0 Å². The number of thiazole rings is 1. The molecule has 0 unspecified atom stereocenters. The smallest absolute Gasteiger partial charge is 0.305 e. The molecule has 0 saturated carbocycles. The largest absolute Gasteiger partial charge is 0.469 e. The molecule has 1 aromatic heterocycles. The molecule has 1 heterocycles. The molecular weight excluding hydrogens is 451 g/mol. The van der Waals surface area contributed by atoms with Crippen molar-refractivity contribution in [2.75, 3.05) is 27.2 Å². The van der Waals surface area contributed by atoms with Crippen LogP contribution in [0.3, 0.4) is 0 Å². The van der Waals surface area contributed by atoms with E-state index in [1.165, 1.54) is 17.0 Å². The Bertz CT molecular complexity index is 515. The first-order valence-corrected chi connectivity index (χ1v) is 9.32. The monoisotopic (exact) mass is 482 g/mol. The van der Waals surface area contributed by atoms with Crippen molar-refractivity contribution in [3.63, 3.8) is 0 Å². The lowest BCUT2D eigenvalue weighted by atomic mass is 10.1. The summed E-state index contributed by atoms with van der Waals surface area (Å²) in [6.45, 7) is 5.86. The van der Waals surface area contributed by atoms with Crippen LogP contribution >= 0.6 is 35.3 Å². The average molecular weight is 482 g/mol. The lowest BCUT2D eigenvalue weighted by Crippen LogP contribution is -2.38. The van der Waals surface area contributed by atoms with Crippen molar-refractivity contribution < 1.29 is 9.53 Å². The SMILES string of the molecule is CN=C(NCCCCCCC(=O)OC)NCCc1nc(C)c(C)s1.I. The lowest BCUT2D eigenvalue weighted by molar-refractivity contribution is -0.140. The fraction of sp³-hybridized carbons (Fsp3) is 0.706. The summed E-state index contributed by atoms with van der Waals surface area (Å²) < 4.78 is 4.62. The zero-order chi connectivity index (χ0) is 17.8. The van der Waals surface area contributed by atoms with E-state index in [4.69, 9.17) is 0 Å². The summed E-state index contributed by atoms with van der Waals surface area (Å²) in [6, 6.07) is 0. The van der Waals surface area contributed by atoms with Crippen LogP contribution in [0, 0.1) is 13.8 Å². The maximum Gasteiger partial charge on any atom is 0.305 e. The number of halogens is 1. The molecule has 144 valence electrons. The number of hydrogen-bond donors (Lipinski definition) is 2. The van der Waals surface area contributed by atoms with Gasteiger partial charge >= 0.3 is 5.97 Å². The number of unbranched alkanes of at least 4 members (excludes halogenated alkanes) is 3. The molecule has 0 atom stereocenters. The van der Waals surface area contributed by atoms with Crippen molar-refractivity contribution in [2.24, 2.45) is 4.99 Å². The normalized spacial score (nSPS) is 11.0. The first kappa shape index (κ1) is 24.1. The molecule has 0 spiro atoms. The van der Waals surface area contributed by atoms with Crippen LogP contribution in [0.25, 0.3) is 0 Å². The van der Waals surface area contributed by atoms with Crippen molar-refractivity contribution in [3.8, 4) is 0 Å². The van der Waals surface area contributed by atoms with Crippen LogP contribution in [0.2, 0.25) is 0 Å². The van der Waals surface area contributed by atoms with Crippen LogP contribution in [0.15, 0.2) is 4.99 Å². The van der Waals surface area contributed by atoms with Crippen molar-refractivity contribution in [2.45, 2.75) is 52.4 Å². The van der Waals surface area contributed by atoms with Gasteiger partial charge in [-0.3, -0.25) is 9.79 Å². The van der Waals surface area contributed by atoms with Crippen molar-refractivity contribution >= 4 is 47.2 Å². The molecule has 0 aliphatic rings. The minimum Gasteiger partial charge on any atom is -0.469 e. The van der Waals surface area contributed by atoms with Gasteiger partial charge in [-0.1, -0.05) is 12.8 Å². The van der Waals surface area contributed by atoms with Gasteiger partial charge in [0.15, 0.2) is 5.96 Å². The Kier molecular flexibility index (Phi) is 13.8. The van der Waals surface area contributed by atoms with Crippen LogP contribution in [-0.2, 0) is 16.0 Å². The number of carbonyl (C=O) groups is 1. The first-order valence-electron chi connectivity index (χ1n) is 8.51. The molecule has 0 aliphatic carbocycles. The molecule has 0 amide bonds. The number of aromatic nitrogens is 1. The van der Waals surface area contributed by atoms with Gasteiger partial charge in [0, 0.05) is 37.9 Å². The van der Waals surface area contributed by atoms with Crippen molar-refractivity contribution in [3.05, 3.63) is 15.6 Å². The molecule has 8 heteroatoms. The molecule has 0 aliphatic heterocycles. The highest BCUT2D eigenvalue weighted by atomic mass is 127. The number of aryl methyl sites for hydroxylation is 2. The molecular formula is C17H31IN4O2S. The third-order valence-electron chi connectivity index (χ3n) is 3.76. The number of nitrogens with one attached hydrogen (secondary N) is 2. The highest BCUT2D eigenvalue weighted by Gasteiger charge is 2.04. The molecule has 0 bridgehead atoms. The van der Waals surface area contributed by atoms with Gasteiger partial charge in [-0.25, -0.2) is 4.98 Å². The Morgan fingerprint density at radius 2 is 1.84 bits per heavy atom. The van der Waals surface area contributed by atoms with Crippen LogP contribution in [-0.4, -0.2) is 44.2 Å². The van der Waals surface area contributed by atoms with Crippen LogP contribution in [0.5, 0.6) is 0 Å². The van der Waals surface area contributed by atoms with E-state index >= 15 is 0 Å². The summed E-state index contributed by atoms with van der Waals surface area (Å²) in [6.07, 6.45) is 5.53. The van der Waals surface area contributed by atoms with Gasteiger partial charge in [-0.15, -0.1) is 35.3 Å². The van der Waals surface area contributed by atoms with Gasteiger partial charge in [0.25, 0.3) is 0 Å². The van der Waals surface area contributed by atoms with Crippen LogP contribution in [0.1, 0.15) is 47.7 Å². The minimum atomic E-state index is -0.122. The van der Waals surface area contributed by atoms with E-state index in [0.29, 0.717) is 6.42 Å². The highest BCUT2D eigenvalue weighted by Crippen LogP contribution is 2.16. The van der Waals surface area contributed by atoms with E-state index in [2.05, 4.69) is 39.2 Å². The second-order valence-corrected chi connectivity index (χ2v) is 6.95. The minimum absolute atomic E-state index is 0. The summed E-state index contributed by atoms with van der Waals surface area (Å²) in [4.78, 5) is 21.0. The Balaban J connectivity index is 0.00000576. The van der Waals surface area contributed by atoms with Gasteiger partial charge in [0.05, 0.1) is 17.8 Å². The Labute approximate surface area is 172 Å². The molecule has 0 aromatic carbocycles. The second kappa shape index (κ2) is 14.3. The predicted molar refractivity (Wildman–Crippen MR) is 115 cm³/mol. The van der Waals surface area contributed by atoms with Crippen molar-refractivity contribution in [1.29, 1.82) is 0 Å². The zero-order valence-corrected chi connectivity index (χ0v) is 18.8. The summed E-state index contributed by atoms with van der Waals surface area (Å²) in [5, 5.41) is 7.79. The molecule has 25 heavy (non-hydrogen) atoms. The summed E-state index contributed by atoms with van der Waals surface area (Å²) in [5.41, 5.74) is 1.13. The van der Waals surface area contributed by atoms with Crippen LogP contribution < -0.4 is 10.6 Å². The number of rotatable bonds is 10. The van der Waals surface area contributed by atoms with E-state index in [1.54, 1.807) is 18.4 Å². The maximum absolute atomic E-state index is 11.0. The zero-order valence-electron chi connectivity index (χ0n) is 15.7. The first-order chi connectivity index (χ1) is 11.6. The molecule has 6 nitrogen and oxygen atoms in total. The third-order valence-corrected chi connectivity index (χ3v) is 4.89. The van der Waals surface area contributed by atoms with Crippen LogP contribution in [0.4, 0.5) is 0 Å². The topological polar surface area (TPSA) is 75.6 Å². The molecule has 1 rings (SSSR count). The number of esters is 1. The lowest BCUT2D eigenvalue weighted by Gasteiger charge is -2.11. The van der Waals surface area contributed by atoms with E-state index in [-0.39, 0.29) is 29.9 Å². The van der Waals surface area contributed by atoms with Gasteiger partial charge in [0.2, 0.25) is 0 Å². The van der Waals surface area contributed by atoms with Crippen molar-refractivity contribution in [1.82, 2.24) is 15.6 Å². The van der Waals surface area contributed by atoms with Gasteiger partial charge in [-0.05, 0) is 26.7 Å². The third kappa shape index (κ3) is 10.6. The number of ether oxygens (including phenoxy) is 1. The number of hydrogen-bond acceptors (Lipinski definition) is 5. The summed E-state index contributed by atoms with van der Waals surface area (Å²) in [5.74, 6) is 0.706. The summed E-state index contributed by atoms with van der Waals surface area (Å²) in [7, 11) is 3.21. The van der Waals surface area contributed by atoms with Gasteiger partial charge < -0.3 is 15.4 Å². The fourth-order valence-electron chi connectivity index (χ4n) is 2.21. The van der Waals surface area contributed by atoms with Gasteiger partial charge in [0.1, 0.15) is 0 Å². The number of aliphatic imine (C=N–C) groups is 1. The van der Waals surface area contributed by atoms with E-state index in [0.717, 1.165) is 56.8 Å². The number of guanidine groups is 1. The predicted octanol–water partition coefficient (Wildman–Crippen LogP) is 3.21. The molecule has 0 radical (unpaired) electrons. The fourth-order valence-corrected chi connectivity index (χ4v) is 3.14. The Hall–Kier alpha value is -0.900. The molecule has 2 N–H and O–H groups in total. The Morgan fingerprint density at radius 3 is 2.44 bits per heavy atom. The standard InChI is InChI=1S/C17H30N4O2S.HI/c1-13-14(2)24-15(21-13)10-12-20-17(18-3)19-11-8-6-5-7-9-16(22)23-4;/h5-12H2,1-4H3,(H2,18,19,20);1H. The van der Waals surface area contributed by atoms with E-state index in [1.807, 2.05) is 0 Å². The number of methoxy groups -OCH3 is 1. The molecule has 0 fully saturated rings.